The number of fused-ring (bicyclic) bond motifs is 1. The summed E-state index contributed by atoms with van der Waals surface area (Å²) in [6.45, 7) is 1.73. The Bertz CT molecular complexity index is 550. The van der Waals surface area contributed by atoms with Crippen molar-refractivity contribution in [2.45, 2.75) is 13.0 Å². The third-order valence-electron chi connectivity index (χ3n) is 3.15. The molecule has 0 N–H and O–H groups in total. The largest absolute Gasteiger partial charge is 0.356 e. The Balaban J connectivity index is 2.11. The van der Waals surface area contributed by atoms with Gasteiger partial charge in [-0.25, -0.2) is 4.39 Å². The van der Waals surface area contributed by atoms with Gasteiger partial charge in [-0.3, -0.25) is 0 Å². The Morgan fingerprint density at radius 3 is 3.00 bits per heavy atom. The number of halogens is 1. The van der Waals surface area contributed by atoms with Crippen LogP contribution in [0.25, 0.3) is 11.3 Å². The first-order chi connectivity index (χ1) is 8.25. The lowest BCUT2D eigenvalue weighted by Crippen LogP contribution is -2.26. The molecule has 0 fully saturated rings. The van der Waals surface area contributed by atoms with Crippen LogP contribution in [-0.4, -0.2) is 23.6 Å². The minimum Gasteiger partial charge on any atom is -0.356 e. The van der Waals surface area contributed by atoms with Crippen LogP contribution in [0.4, 0.5) is 4.39 Å². The predicted molar refractivity (Wildman–Crippen MR) is 61.9 cm³/mol. The second-order valence-corrected chi connectivity index (χ2v) is 4.40. The SMILES string of the molecule is CN1CCc2noc(-c3ccccc3F)c2C1. The number of rotatable bonds is 1. The van der Waals surface area contributed by atoms with E-state index in [-0.39, 0.29) is 5.82 Å². The number of benzene rings is 1. The number of likely N-dealkylation sites (N-methyl/N-ethyl adjacent to an activating group) is 1. The molecule has 0 spiro atoms. The summed E-state index contributed by atoms with van der Waals surface area (Å²) < 4.78 is 19.0. The summed E-state index contributed by atoms with van der Waals surface area (Å²) in [4.78, 5) is 2.18. The van der Waals surface area contributed by atoms with Gasteiger partial charge >= 0.3 is 0 Å². The lowest BCUT2D eigenvalue weighted by atomic mass is 10.0. The zero-order valence-electron chi connectivity index (χ0n) is 9.61. The summed E-state index contributed by atoms with van der Waals surface area (Å²) in [5, 5.41) is 4.04. The summed E-state index contributed by atoms with van der Waals surface area (Å²) in [7, 11) is 2.04. The minimum absolute atomic E-state index is 0.264. The molecule has 2 heterocycles. The molecule has 4 heteroatoms. The van der Waals surface area contributed by atoms with Crippen LogP contribution in [0.15, 0.2) is 28.8 Å². The third kappa shape index (κ3) is 1.74. The Kier molecular flexibility index (Phi) is 2.44. The van der Waals surface area contributed by atoms with Crippen LogP contribution in [0, 0.1) is 5.82 Å². The van der Waals surface area contributed by atoms with Gasteiger partial charge in [0.25, 0.3) is 0 Å². The van der Waals surface area contributed by atoms with Crippen LogP contribution >= 0.6 is 0 Å². The highest BCUT2D eigenvalue weighted by Crippen LogP contribution is 2.31. The van der Waals surface area contributed by atoms with E-state index in [4.69, 9.17) is 4.52 Å². The zero-order chi connectivity index (χ0) is 11.8. The van der Waals surface area contributed by atoms with Gasteiger partial charge in [0.1, 0.15) is 5.82 Å². The molecule has 0 unspecified atom stereocenters. The van der Waals surface area contributed by atoms with Gasteiger partial charge in [-0.1, -0.05) is 17.3 Å². The van der Waals surface area contributed by atoms with Crippen LogP contribution in [0.5, 0.6) is 0 Å². The molecule has 1 aromatic carbocycles. The molecule has 88 valence electrons. The summed E-state index contributed by atoms with van der Waals surface area (Å²) in [5.74, 6) is 0.310. The van der Waals surface area contributed by atoms with Gasteiger partial charge < -0.3 is 9.42 Å². The van der Waals surface area contributed by atoms with Crippen LogP contribution in [0.3, 0.4) is 0 Å². The first-order valence-corrected chi connectivity index (χ1v) is 5.66. The van der Waals surface area contributed by atoms with Gasteiger partial charge in [-0.2, -0.15) is 0 Å². The van der Waals surface area contributed by atoms with E-state index >= 15 is 0 Å². The monoisotopic (exact) mass is 232 g/mol. The second kappa shape index (κ2) is 3.96. The van der Waals surface area contributed by atoms with Crippen molar-refractivity contribution >= 4 is 0 Å². The van der Waals surface area contributed by atoms with E-state index in [0.29, 0.717) is 11.3 Å². The topological polar surface area (TPSA) is 29.3 Å². The van der Waals surface area contributed by atoms with E-state index in [1.54, 1.807) is 18.2 Å². The maximum atomic E-state index is 13.7. The average Bonchev–Trinajstić information content (AvgIpc) is 2.72. The van der Waals surface area contributed by atoms with Crippen LogP contribution in [0.1, 0.15) is 11.3 Å². The van der Waals surface area contributed by atoms with Crippen molar-refractivity contribution < 1.29 is 8.91 Å². The van der Waals surface area contributed by atoms with Crippen LogP contribution in [-0.2, 0) is 13.0 Å². The highest BCUT2D eigenvalue weighted by molar-refractivity contribution is 5.63. The molecule has 0 atom stereocenters. The molecule has 0 saturated heterocycles. The minimum atomic E-state index is -0.264. The molecule has 0 saturated carbocycles. The van der Waals surface area contributed by atoms with Crippen molar-refractivity contribution in [2.75, 3.05) is 13.6 Å². The van der Waals surface area contributed by atoms with E-state index in [2.05, 4.69) is 10.1 Å². The fourth-order valence-corrected chi connectivity index (χ4v) is 2.20. The molecule has 17 heavy (non-hydrogen) atoms. The fraction of sp³-hybridized carbons (Fsp3) is 0.308. The van der Waals surface area contributed by atoms with E-state index < -0.39 is 0 Å². The first kappa shape index (κ1) is 10.5. The smallest absolute Gasteiger partial charge is 0.174 e. The molecule has 3 nitrogen and oxygen atoms in total. The Morgan fingerprint density at radius 2 is 2.18 bits per heavy atom. The molecular weight excluding hydrogens is 219 g/mol. The van der Waals surface area contributed by atoms with Gasteiger partial charge in [0.2, 0.25) is 0 Å². The predicted octanol–water partition coefficient (Wildman–Crippen LogP) is 2.47. The van der Waals surface area contributed by atoms with Crippen molar-refractivity contribution in [1.82, 2.24) is 10.1 Å². The van der Waals surface area contributed by atoms with Crippen molar-refractivity contribution in [3.63, 3.8) is 0 Å². The molecule has 0 aliphatic carbocycles. The lowest BCUT2D eigenvalue weighted by Gasteiger charge is -2.21. The van der Waals surface area contributed by atoms with Gasteiger partial charge in [0.05, 0.1) is 11.3 Å². The normalized spacial score (nSPS) is 15.9. The standard InChI is InChI=1S/C13H13FN2O/c1-16-7-6-12-10(8-16)13(17-15-12)9-4-2-3-5-11(9)14/h2-5H,6-8H2,1H3. The molecule has 2 aromatic rings. The Labute approximate surface area is 98.8 Å². The highest BCUT2D eigenvalue weighted by atomic mass is 19.1. The first-order valence-electron chi connectivity index (χ1n) is 5.66. The molecule has 1 aromatic heterocycles. The number of hydrogen-bond acceptors (Lipinski definition) is 3. The van der Waals surface area contributed by atoms with E-state index in [1.165, 1.54) is 6.07 Å². The van der Waals surface area contributed by atoms with Crippen molar-refractivity contribution in [1.29, 1.82) is 0 Å². The summed E-state index contributed by atoms with van der Waals surface area (Å²) >= 11 is 0. The van der Waals surface area contributed by atoms with Crippen molar-refractivity contribution in [3.05, 3.63) is 41.3 Å². The summed E-state index contributed by atoms with van der Waals surface area (Å²) in [5.41, 5.74) is 2.47. The molecule has 3 rings (SSSR count). The lowest BCUT2D eigenvalue weighted by molar-refractivity contribution is 0.311. The average molecular weight is 232 g/mol. The maximum Gasteiger partial charge on any atom is 0.174 e. The quantitative estimate of drug-likeness (QED) is 0.756. The molecule has 0 amide bonds. The van der Waals surface area contributed by atoms with Crippen LogP contribution < -0.4 is 0 Å². The van der Waals surface area contributed by atoms with Gasteiger partial charge in [-0.15, -0.1) is 0 Å². The van der Waals surface area contributed by atoms with E-state index in [0.717, 1.165) is 30.8 Å². The number of hydrogen-bond donors (Lipinski definition) is 0. The molecule has 1 aliphatic rings. The number of nitrogens with zero attached hydrogens (tertiary/aromatic N) is 2. The fourth-order valence-electron chi connectivity index (χ4n) is 2.20. The molecule has 0 radical (unpaired) electrons. The molecular formula is C13H13FN2O. The third-order valence-corrected chi connectivity index (χ3v) is 3.15. The zero-order valence-corrected chi connectivity index (χ0v) is 9.61. The van der Waals surface area contributed by atoms with Crippen LogP contribution in [0.2, 0.25) is 0 Å². The van der Waals surface area contributed by atoms with E-state index in [9.17, 15) is 4.39 Å². The second-order valence-electron chi connectivity index (χ2n) is 4.40. The molecule has 0 bridgehead atoms. The highest BCUT2D eigenvalue weighted by Gasteiger charge is 2.24. The summed E-state index contributed by atoms with van der Waals surface area (Å²) in [6.07, 6.45) is 0.865. The summed E-state index contributed by atoms with van der Waals surface area (Å²) in [6, 6.07) is 6.65. The van der Waals surface area contributed by atoms with Gasteiger partial charge in [-0.05, 0) is 19.2 Å². The Morgan fingerprint density at radius 1 is 1.35 bits per heavy atom. The van der Waals surface area contributed by atoms with Crippen molar-refractivity contribution in [3.8, 4) is 11.3 Å². The molecule has 1 aliphatic heterocycles. The van der Waals surface area contributed by atoms with Gasteiger partial charge in [0.15, 0.2) is 5.76 Å². The van der Waals surface area contributed by atoms with Gasteiger partial charge in [0, 0.05) is 25.1 Å². The van der Waals surface area contributed by atoms with E-state index in [1.807, 2.05) is 7.05 Å². The maximum absolute atomic E-state index is 13.7. The van der Waals surface area contributed by atoms with Crippen molar-refractivity contribution in [2.24, 2.45) is 0 Å². The number of aromatic nitrogens is 1. The Hall–Kier alpha value is -1.68.